The van der Waals surface area contributed by atoms with Crippen molar-refractivity contribution in [1.29, 1.82) is 0 Å². The van der Waals surface area contributed by atoms with Gasteiger partial charge in [-0.15, -0.1) is 0 Å². The van der Waals surface area contributed by atoms with Gasteiger partial charge in [-0.2, -0.15) is 0 Å². The zero-order valence-electron chi connectivity index (χ0n) is 10.4. The normalized spacial score (nSPS) is 18.9. The van der Waals surface area contributed by atoms with Gasteiger partial charge in [-0.3, -0.25) is 4.98 Å². The van der Waals surface area contributed by atoms with E-state index in [9.17, 15) is 5.11 Å². The first-order valence-electron chi connectivity index (χ1n) is 6.57. The maximum Gasteiger partial charge on any atom is 0.141 e. The molecule has 0 aliphatic heterocycles. The molecule has 0 atom stereocenters. The lowest BCUT2D eigenvalue weighted by molar-refractivity contribution is 0.304. The summed E-state index contributed by atoms with van der Waals surface area (Å²) in [6.45, 7) is 0. The molecule has 0 radical (unpaired) electrons. The minimum Gasteiger partial charge on any atom is -0.506 e. The Morgan fingerprint density at radius 3 is 2.67 bits per heavy atom. The number of aromatic nitrogens is 1. The predicted molar refractivity (Wildman–Crippen MR) is 72.4 cm³/mol. The Morgan fingerprint density at radius 1 is 1.11 bits per heavy atom. The minimum absolute atomic E-state index is 0.230. The van der Waals surface area contributed by atoms with Crippen molar-refractivity contribution in [2.24, 2.45) is 5.73 Å². The molecule has 1 saturated carbocycles. The second-order valence-corrected chi connectivity index (χ2v) is 5.25. The van der Waals surface area contributed by atoms with Crippen LogP contribution in [0.4, 0.5) is 0 Å². The summed E-state index contributed by atoms with van der Waals surface area (Å²) in [4.78, 5) is 4.26. The van der Waals surface area contributed by atoms with Crippen LogP contribution in [0.15, 0.2) is 30.5 Å². The third-order valence-electron chi connectivity index (χ3n) is 4.03. The molecule has 0 unspecified atom stereocenters. The first kappa shape index (κ1) is 11.5. The Labute approximate surface area is 107 Å². The Hall–Kier alpha value is -1.61. The van der Waals surface area contributed by atoms with Crippen LogP contribution in [0.1, 0.15) is 37.7 Å². The molecule has 1 aliphatic rings. The Morgan fingerprint density at radius 2 is 1.89 bits per heavy atom. The fourth-order valence-electron chi connectivity index (χ4n) is 3.04. The molecule has 1 heterocycles. The lowest BCUT2D eigenvalue weighted by Crippen LogP contribution is -2.38. The monoisotopic (exact) mass is 242 g/mol. The van der Waals surface area contributed by atoms with E-state index in [1.54, 1.807) is 12.3 Å². The average Bonchev–Trinajstić information content (AvgIpc) is 2.40. The van der Waals surface area contributed by atoms with Gasteiger partial charge in [-0.25, -0.2) is 0 Å². The third-order valence-corrected chi connectivity index (χ3v) is 4.03. The van der Waals surface area contributed by atoms with Gasteiger partial charge in [0.05, 0.1) is 0 Å². The van der Waals surface area contributed by atoms with Crippen LogP contribution in [0.3, 0.4) is 0 Å². The summed E-state index contributed by atoms with van der Waals surface area (Å²) in [5.74, 6) is 0.230. The number of fused-ring (bicyclic) bond motifs is 1. The summed E-state index contributed by atoms with van der Waals surface area (Å²) in [6, 6.07) is 7.58. The van der Waals surface area contributed by atoms with Crippen LogP contribution in [-0.4, -0.2) is 10.1 Å². The fourth-order valence-corrected chi connectivity index (χ4v) is 3.04. The molecular weight excluding hydrogens is 224 g/mol. The predicted octanol–water partition coefficient (Wildman–Crippen LogP) is 3.06. The van der Waals surface area contributed by atoms with Gasteiger partial charge in [0.15, 0.2) is 0 Å². The highest BCUT2D eigenvalue weighted by atomic mass is 16.3. The molecule has 1 aromatic heterocycles. The molecule has 0 bridgehead atoms. The number of nitrogens with two attached hydrogens (primary N) is 1. The molecule has 3 rings (SSSR count). The van der Waals surface area contributed by atoms with Gasteiger partial charge >= 0.3 is 0 Å². The van der Waals surface area contributed by atoms with Crippen LogP contribution in [0.2, 0.25) is 0 Å². The van der Waals surface area contributed by atoms with E-state index in [-0.39, 0.29) is 11.3 Å². The number of hydrogen-bond acceptors (Lipinski definition) is 3. The van der Waals surface area contributed by atoms with Crippen molar-refractivity contribution in [3.8, 4) is 5.75 Å². The molecule has 1 aromatic carbocycles. The number of hydrogen-bond donors (Lipinski definition) is 2. The Bertz CT molecular complexity index is 574. The average molecular weight is 242 g/mol. The van der Waals surface area contributed by atoms with E-state index in [0.29, 0.717) is 5.52 Å². The minimum atomic E-state index is -0.257. The number of benzene rings is 1. The van der Waals surface area contributed by atoms with Crippen LogP contribution in [0.25, 0.3) is 10.9 Å². The number of pyridine rings is 1. The topological polar surface area (TPSA) is 59.1 Å². The molecule has 2 aromatic rings. The molecule has 3 heteroatoms. The first-order chi connectivity index (χ1) is 8.71. The maximum absolute atomic E-state index is 9.87. The van der Waals surface area contributed by atoms with Crippen LogP contribution in [-0.2, 0) is 5.54 Å². The summed E-state index contributed by atoms with van der Waals surface area (Å²) in [5.41, 5.74) is 8.12. The van der Waals surface area contributed by atoms with Gasteiger partial charge < -0.3 is 10.8 Å². The van der Waals surface area contributed by atoms with Crippen molar-refractivity contribution in [3.05, 3.63) is 36.0 Å². The van der Waals surface area contributed by atoms with Crippen molar-refractivity contribution in [3.63, 3.8) is 0 Å². The lowest BCUT2D eigenvalue weighted by atomic mass is 9.76. The third kappa shape index (κ3) is 1.75. The molecule has 0 spiro atoms. The zero-order valence-corrected chi connectivity index (χ0v) is 10.4. The van der Waals surface area contributed by atoms with Crippen molar-refractivity contribution >= 4 is 10.9 Å². The largest absolute Gasteiger partial charge is 0.506 e. The van der Waals surface area contributed by atoms with Crippen LogP contribution in [0, 0.1) is 0 Å². The van der Waals surface area contributed by atoms with Gasteiger partial charge in [-0.1, -0.05) is 31.4 Å². The molecule has 0 saturated heterocycles. The van der Waals surface area contributed by atoms with Gasteiger partial charge in [0, 0.05) is 17.1 Å². The molecule has 3 nitrogen and oxygen atoms in total. The highest BCUT2D eigenvalue weighted by molar-refractivity contribution is 5.88. The van der Waals surface area contributed by atoms with Crippen LogP contribution >= 0.6 is 0 Å². The lowest BCUT2D eigenvalue weighted by Gasteiger charge is -2.34. The quantitative estimate of drug-likeness (QED) is 0.808. The van der Waals surface area contributed by atoms with E-state index in [0.717, 1.165) is 23.8 Å². The smallest absolute Gasteiger partial charge is 0.141 e. The number of rotatable bonds is 1. The van der Waals surface area contributed by atoms with E-state index in [2.05, 4.69) is 4.98 Å². The van der Waals surface area contributed by atoms with Crippen LogP contribution in [0.5, 0.6) is 5.75 Å². The Kier molecular flexibility index (Phi) is 2.71. The van der Waals surface area contributed by atoms with E-state index in [1.165, 1.54) is 19.3 Å². The molecule has 18 heavy (non-hydrogen) atoms. The molecule has 1 aliphatic carbocycles. The van der Waals surface area contributed by atoms with Gasteiger partial charge in [0.25, 0.3) is 0 Å². The molecular formula is C15H18N2O. The van der Waals surface area contributed by atoms with Crippen LogP contribution < -0.4 is 5.73 Å². The summed E-state index contributed by atoms with van der Waals surface area (Å²) >= 11 is 0. The first-order valence-corrected chi connectivity index (χ1v) is 6.57. The van der Waals surface area contributed by atoms with E-state index < -0.39 is 0 Å². The highest BCUT2D eigenvalue weighted by Gasteiger charge is 2.31. The number of nitrogens with zero attached hydrogens (tertiary/aromatic N) is 1. The number of aromatic hydroxyl groups is 1. The second kappa shape index (κ2) is 4.25. The van der Waals surface area contributed by atoms with E-state index >= 15 is 0 Å². The number of phenols is 1. The maximum atomic E-state index is 9.87. The molecule has 1 fully saturated rings. The fraction of sp³-hybridized carbons (Fsp3) is 0.400. The summed E-state index contributed by atoms with van der Waals surface area (Å²) < 4.78 is 0. The van der Waals surface area contributed by atoms with Crippen molar-refractivity contribution in [2.75, 3.05) is 0 Å². The SMILES string of the molecule is NC1(c2ccc(O)c3ncccc23)CCCCC1. The zero-order chi connectivity index (χ0) is 12.6. The Balaban J connectivity index is 2.20. The summed E-state index contributed by atoms with van der Waals surface area (Å²) in [6.07, 6.45) is 7.37. The van der Waals surface area contributed by atoms with Crippen molar-refractivity contribution < 1.29 is 5.11 Å². The standard InChI is InChI=1S/C15H18N2O/c16-15(8-2-1-3-9-15)12-6-7-13(18)14-11(12)5-4-10-17-14/h4-7,10,18H,1-3,8-9,16H2. The summed E-state index contributed by atoms with van der Waals surface area (Å²) in [5, 5.41) is 10.9. The van der Waals surface area contributed by atoms with Crippen molar-refractivity contribution in [1.82, 2.24) is 4.98 Å². The summed E-state index contributed by atoms with van der Waals surface area (Å²) in [7, 11) is 0. The van der Waals surface area contributed by atoms with Gasteiger partial charge in [-0.05, 0) is 30.5 Å². The molecule has 0 amide bonds. The molecule has 3 N–H and O–H groups in total. The molecule has 94 valence electrons. The second-order valence-electron chi connectivity index (χ2n) is 5.25. The number of phenolic OH excluding ortho intramolecular Hbond substituents is 1. The van der Waals surface area contributed by atoms with Gasteiger partial charge in [0.2, 0.25) is 0 Å². The van der Waals surface area contributed by atoms with E-state index in [4.69, 9.17) is 5.73 Å². The van der Waals surface area contributed by atoms with Crippen molar-refractivity contribution in [2.45, 2.75) is 37.6 Å². The highest BCUT2D eigenvalue weighted by Crippen LogP contribution is 2.39. The van der Waals surface area contributed by atoms with Gasteiger partial charge in [0.1, 0.15) is 11.3 Å². The van der Waals surface area contributed by atoms with E-state index in [1.807, 2.05) is 18.2 Å².